The summed E-state index contributed by atoms with van der Waals surface area (Å²) in [6.07, 6.45) is 9.06. The molecule has 0 radical (unpaired) electrons. The molecule has 3 aliphatic rings. The molecule has 2 fully saturated rings. The largest absolute Gasteiger partial charge is 0.493 e. The standard InChI is InChI=1S/C15H18BN3O2S/c1-22-19-5-3-14(9-19)7-15(8-14)12-10-2-4-17-13(10)18-6-11(12)16(20)21-15/h2,4,6,20H,3,5,7-9H2,1H3,(H,17,18). The Morgan fingerprint density at radius 2 is 2.36 bits per heavy atom. The Balaban J connectivity index is 1.56. The maximum Gasteiger partial charge on any atom is 0.493 e. The summed E-state index contributed by atoms with van der Waals surface area (Å²) >= 11 is 1.83. The summed E-state index contributed by atoms with van der Waals surface area (Å²) in [5.41, 5.74) is 2.94. The van der Waals surface area contributed by atoms with Gasteiger partial charge in [0.2, 0.25) is 0 Å². The van der Waals surface area contributed by atoms with Crippen molar-refractivity contribution in [2.24, 2.45) is 5.41 Å². The van der Waals surface area contributed by atoms with Crippen LogP contribution in [0.4, 0.5) is 0 Å². The molecule has 2 aromatic rings. The minimum absolute atomic E-state index is 0.313. The SMILES string of the molecule is CSN1CCC2(C1)CC1(C2)OB(O)c2cnc3[nH]ccc3c21. The van der Waals surface area contributed by atoms with Crippen LogP contribution in [0.3, 0.4) is 0 Å². The lowest BCUT2D eigenvalue weighted by molar-refractivity contribution is -0.108. The number of nitrogens with one attached hydrogen (secondary N) is 1. The summed E-state index contributed by atoms with van der Waals surface area (Å²) in [5.74, 6) is 0. The number of nitrogens with zero attached hydrogens (tertiary/aromatic N) is 2. The van der Waals surface area contributed by atoms with Gasteiger partial charge in [0.1, 0.15) is 5.65 Å². The quantitative estimate of drug-likeness (QED) is 0.612. The molecule has 2 spiro atoms. The first-order valence-electron chi connectivity index (χ1n) is 7.76. The van der Waals surface area contributed by atoms with E-state index in [4.69, 9.17) is 4.65 Å². The van der Waals surface area contributed by atoms with Crippen LogP contribution in [0.2, 0.25) is 0 Å². The van der Waals surface area contributed by atoms with E-state index in [0.717, 1.165) is 42.4 Å². The highest BCUT2D eigenvalue weighted by atomic mass is 32.2. The Kier molecular flexibility index (Phi) is 2.62. The first-order valence-corrected chi connectivity index (χ1v) is 8.94. The number of hydrogen-bond acceptors (Lipinski definition) is 5. The van der Waals surface area contributed by atoms with Gasteiger partial charge in [-0.3, -0.25) is 4.31 Å². The zero-order valence-electron chi connectivity index (χ0n) is 12.5. The van der Waals surface area contributed by atoms with E-state index in [2.05, 4.69) is 26.6 Å². The summed E-state index contributed by atoms with van der Waals surface area (Å²) in [6.45, 7) is 2.29. The van der Waals surface area contributed by atoms with Gasteiger partial charge in [-0.05, 0) is 42.6 Å². The number of H-pyrrole nitrogens is 1. The predicted molar refractivity (Wildman–Crippen MR) is 87.8 cm³/mol. The van der Waals surface area contributed by atoms with Crippen LogP contribution in [0.15, 0.2) is 18.5 Å². The van der Waals surface area contributed by atoms with Gasteiger partial charge in [-0.2, -0.15) is 0 Å². The van der Waals surface area contributed by atoms with Crippen molar-refractivity contribution in [2.75, 3.05) is 19.3 Å². The number of hydrogen-bond donors (Lipinski definition) is 2. The van der Waals surface area contributed by atoms with Gasteiger partial charge in [0.25, 0.3) is 0 Å². The molecule has 0 unspecified atom stereocenters. The number of pyridine rings is 1. The van der Waals surface area contributed by atoms with Gasteiger partial charge in [-0.15, -0.1) is 0 Å². The van der Waals surface area contributed by atoms with Crippen LogP contribution in [0, 0.1) is 5.41 Å². The Bertz CT molecular complexity index is 758. The summed E-state index contributed by atoms with van der Waals surface area (Å²) < 4.78 is 8.51. The van der Waals surface area contributed by atoms with Crippen molar-refractivity contribution < 1.29 is 9.68 Å². The lowest BCUT2D eigenvalue weighted by atomic mass is 9.56. The molecule has 5 rings (SSSR count). The van der Waals surface area contributed by atoms with E-state index in [0.29, 0.717) is 5.41 Å². The van der Waals surface area contributed by atoms with E-state index in [1.54, 1.807) is 6.20 Å². The molecule has 2 aliphatic heterocycles. The van der Waals surface area contributed by atoms with Crippen molar-refractivity contribution >= 4 is 35.6 Å². The predicted octanol–water partition coefficient (Wildman–Crippen LogP) is 1.24. The lowest BCUT2D eigenvalue weighted by Crippen LogP contribution is -2.51. The second-order valence-electron chi connectivity index (χ2n) is 6.94. The highest BCUT2D eigenvalue weighted by molar-refractivity contribution is 7.96. The molecule has 0 atom stereocenters. The highest BCUT2D eigenvalue weighted by Crippen LogP contribution is 2.62. The van der Waals surface area contributed by atoms with Gasteiger partial charge in [0.15, 0.2) is 0 Å². The zero-order valence-corrected chi connectivity index (χ0v) is 13.3. The van der Waals surface area contributed by atoms with Gasteiger partial charge in [0, 0.05) is 36.3 Å². The zero-order chi connectivity index (χ0) is 14.9. The fraction of sp³-hybridized carbons (Fsp3) is 0.533. The average molecular weight is 315 g/mol. The molecule has 2 aromatic heterocycles. The van der Waals surface area contributed by atoms with Gasteiger partial charge in [-0.25, -0.2) is 4.98 Å². The Labute approximate surface area is 133 Å². The van der Waals surface area contributed by atoms with E-state index in [1.165, 1.54) is 12.0 Å². The molecule has 7 heteroatoms. The van der Waals surface area contributed by atoms with Gasteiger partial charge in [0.05, 0.1) is 5.60 Å². The van der Waals surface area contributed by atoms with Gasteiger partial charge < -0.3 is 14.7 Å². The number of aromatic amines is 1. The maximum atomic E-state index is 10.3. The summed E-state index contributed by atoms with van der Waals surface area (Å²) in [7, 11) is -0.836. The molecule has 4 heterocycles. The van der Waals surface area contributed by atoms with Gasteiger partial charge >= 0.3 is 7.12 Å². The average Bonchev–Trinajstić information content (AvgIpc) is 3.16. The second-order valence-corrected chi connectivity index (χ2v) is 7.82. The van der Waals surface area contributed by atoms with Crippen LogP contribution in [-0.4, -0.2) is 45.8 Å². The van der Waals surface area contributed by atoms with Crippen molar-refractivity contribution in [3.05, 3.63) is 24.0 Å². The Morgan fingerprint density at radius 3 is 3.14 bits per heavy atom. The van der Waals surface area contributed by atoms with Crippen molar-refractivity contribution in [3.8, 4) is 0 Å². The van der Waals surface area contributed by atoms with Crippen molar-refractivity contribution in [1.29, 1.82) is 0 Å². The Morgan fingerprint density at radius 1 is 1.50 bits per heavy atom. The lowest BCUT2D eigenvalue weighted by Gasteiger charge is -2.53. The molecule has 0 amide bonds. The fourth-order valence-electron chi connectivity index (χ4n) is 4.81. The van der Waals surface area contributed by atoms with Crippen molar-refractivity contribution in [2.45, 2.75) is 24.9 Å². The van der Waals surface area contributed by atoms with Crippen molar-refractivity contribution in [3.63, 3.8) is 0 Å². The molecule has 0 bridgehead atoms. The van der Waals surface area contributed by atoms with Gasteiger partial charge in [-0.1, -0.05) is 11.9 Å². The van der Waals surface area contributed by atoms with E-state index < -0.39 is 7.12 Å². The molecule has 1 aliphatic carbocycles. The first-order chi connectivity index (χ1) is 10.6. The number of aromatic nitrogens is 2. The normalized spacial score (nSPS) is 34.0. The minimum atomic E-state index is -0.836. The minimum Gasteiger partial charge on any atom is -0.423 e. The molecule has 5 nitrogen and oxygen atoms in total. The molecular formula is C15H18BN3O2S. The molecule has 1 saturated heterocycles. The fourth-order valence-corrected chi connectivity index (χ4v) is 5.49. The smallest absolute Gasteiger partial charge is 0.423 e. The Hall–Kier alpha value is -1.02. The third-order valence-electron chi connectivity index (χ3n) is 5.66. The molecule has 114 valence electrons. The van der Waals surface area contributed by atoms with Crippen LogP contribution < -0.4 is 5.46 Å². The molecule has 2 N–H and O–H groups in total. The summed E-state index contributed by atoms with van der Waals surface area (Å²) in [4.78, 5) is 7.56. The maximum absolute atomic E-state index is 10.3. The monoisotopic (exact) mass is 315 g/mol. The van der Waals surface area contributed by atoms with Crippen LogP contribution in [0.5, 0.6) is 0 Å². The van der Waals surface area contributed by atoms with E-state index >= 15 is 0 Å². The van der Waals surface area contributed by atoms with Crippen LogP contribution in [0.25, 0.3) is 11.0 Å². The second kappa shape index (κ2) is 4.29. The van der Waals surface area contributed by atoms with E-state index in [1.807, 2.05) is 18.1 Å². The van der Waals surface area contributed by atoms with E-state index in [9.17, 15) is 5.02 Å². The summed E-state index contributed by atoms with van der Waals surface area (Å²) in [6, 6.07) is 2.05. The van der Waals surface area contributed by atoms with E-state index in [-0.39, 0.29) is 5.60 Å². The molecule has 0 aromatic carbocycles. The molecule has 1 saturated carbocycles. The highest BCUT2D eigenvalue weighted by Gasteiger charge is 2.63. The topological polar surface area (TPSA) is 61.4 Å². The summed E-state index contributed by atoms with van der Waals surface area (Å²) in [5, 5.41) is 11.4. The third-order valence-corrected chi connectivity index (χ3v) is 6.49. The molecular weight excluding hydrogens is 297 g/mol. The van der Waals surface area contributed by atoms with Crippen molar-refractivity contribution in [1.82, 2.24) is 14.3 Å². The third kappa shape index (κ3) is 1.60. The first kappa shape index (κ1) is 13.4. The number of rotatable bonds is 1. The van der Waals surface area contributed by atoms with Crippen LogP contribution >= 0.6 is 11.9 Å². The molecule has 22 heavy (non-hydrogen) atoms. The van der Waals surface area contributed by atoms with Crippen LogP contribution in [-0.2, 0) is 10.3 Å². The van der Waals surface area contributed by atoms with Crippen LogP contribution in [0.1, 0.15) is 24.8 Å². The number of fused-ring (bicyclic) bond motifs is 4.